The van der Waals surface area contributed by atoms with Gasteiger partial charge in [0.05, 0.1) is 11.5 Å². The van der Waals surface area contributed by atoms with Crippen molar-refractivity contribution in [1.82, 2.24) is 5.48 Å². The quantitative estimate of drug-likeness (QED) is 0.460. The molecular formula is C19H20ClNO7S. The molecule has 3 rings (SSSR count). The number of hydrogen-bond donors (Lipinski definition) is 3. The molecule has 3 N–H and O–H groups in total. The van der Waals surface area contributed by atoms with Crippen molar-refractivity contribution in [2.45, 2.75) is 28.8 Å². The highest BCUT2D eigenvalue weighted by Crippen LogP contribution is 2.32. The first-order valence-corrected chi connectivity index (χ1v) is 10.7. The summed E-state index contributed by atoms with van der Waals surface area (Å²) in [6.07, 6.45) is -0.100. The zero-order chi connectivity index (χ0) is 21.1. The van der Waals surface area contributed by atoms with Crippen molar-refractivity contribution in [3.8, 4) is 5.75 Å². The van der Waals surface area contributed by atoms with E-state index in [1.807, 2.05) is 12.1 Å². The fourth-order valence-electron chi connectivity index (χ4n) is 3.14. The molecule has 1 fully saturated rings. The zero-order valence-corrected chi connectivity index (χ0v) is 16.8. The van der Waals surface area contributed by atoms with E-state index in [-0.39, 0.29) is 24.5 Å². The minimum Gasteiger partial charge on any atom is -0.489 e. The number of ether oxygens (including phenoxy) is 2. The van der Waals surface area contributed by atoms with Gasteiger partial charge in [-0.15, -0.1) is 0 Å². The average Bonchev–Trinajstić information content (AvgIpc) is 2.73. The number of nitrogens with one attached hydrogen (secondary N) is 1. The third kappa shape index (κ3) is 4.39. The summed E-state index contributed by atoms with van der Waals surface area (Å²) in [5.74, 6) is -0.801. The number of carbonyl (C=O) groups is 1. The lowest BCUT2D eigenvalue weighted by Crippen LogP contribution is -2.62. The highest BCUT2D eigenvalue weighted by Gasteiger charge is 2.53. The Labute approximate surface area is 172 Å². The summed E-state index contributed by atoms with van der Waals surface area (Å²) in [6.45, 7) is -0.269. The third-order valence-corrected chi connectivity index (χ3v) is 7.43. The van der Waals surface area contributed by atoms with E-state index in [4.69, 9.17) is 26.3 Å². The predicted molar refractivity (Wildman–Crippen MR) is 104 cm³/mol. The molecule has 29 heavy (non-hydrogen) atoms. The molecule has 2 aromatic rings. The van der Waals surface area contributed by atoms with Crippen LogP contribution in [0.1, 0.15) is 12.0 Å². The van der Waals surface area contributed by atoms with Crippen molar-refractivity contribution in [2.75, 3.05) is 13.2 Å². The van der Waals surface area contributed by atoms with Gasteiger partial charge in [-0.25, -0.2) is 13.9 Å². The van der Waals surface area contributed by atoms with Crippen molar-refractivity contribution in [2.24, 2.45) is 0 Å². The molecule has 0 aromatic heterocycles. The molecule has 1 aliphatic heterocycles. The molecule has 0 bridgehead atoms. The Morgan fingerprint density at radius 2 is 1.93 bits per heavy atom. The minimum absolute atomic E-state index is 0.0595. The Morgan fingerprint density at radius 1 is 1.24 bits per heavy atom. The molecule has 0 spiro atoms. The first kappa shape index (κ1) is 21.5. The summed E-state index contributed by atoms with van der Waals surface area (Å²) in [7, 11) is -4.09. The fourth-order valence-corrected chi connectivity index (χ4v) is 5.27. The van der Waals surface area contributed by atoms with Gasteiger partial charge in [-0.2, -0.15) is 0 Å². The molecule has 0 aliphatic carbocycles. The summed E-state index contributed by atoms with van der Waals surface area (Å²) in [6, 6.07) is 12.8. The molecule has 0 radical (unpaired) electrons. The number of amides is 1. The van der Waals surface area contributed by atoms with Gasteiger partial charge in [-0.1, -0.05) is 29.8 Å². The van der Waals surface area contributed by atoms with Crippen molar-refractivity contribution >= 4 is 27.3 Å². The molecule has 0 saturated carbocycles. The van der Waals surface area contributed by atoms with Crippen LogP contribution in [0.25, 0.3) is 0 Å². The van der Waals surface area contributed by atoms with Crippen molar-refractivity contribution < 1.29 is 33.0 Å². The second kappa shape index (κ2) is 8.68. The lowest BCUT2D eigenvalue weighted by molar-refractivity contribution is -0.161. The van der Waals surface area contributed by atoms with Crippen LogP contribution in [0, 0.1) is 0 Å². The number of halogens is 1. The van der Waals surface area contributed by atoms with E-state index in [1.165, 1.54) is 29.7 Å². The van der Waals surface area contributed by atoms with Crippen LogP contribution in [0.2, 0.25) is 5.02 Å². The monoisotopic (exact) mass is 441 g/mol. The summed E-state index contributed by atoms with van der Waals surface area (Å²) in [5.41, 5.74) is -0.302. The maximum absolute atomic E-state index is 13.0. The van der Waals surface area contributed by atoms with E-state index in [9.17, 15) is 18.3 Å². The Bertz CT molecular complexity index is 980. The topological polar surface area (TPSA) is 122 Å². The molecule has 8 nitrogen and oxygen atoms in total. The van der Waals surface area contributed by atoms with Gasteiger partial charge < -0.3 is 14.6 Å². The fraction of sp³-hybridized carbons (Fsp3) is 0.316. The van der Waals surface area contributed by atoms with E-state index >= 15 is 0 Å². The Kier molecular flexibility index (Phi) is 6.45. The smallest absolute Gasteiger partial charge is 0.279 e. The van der Waals surface area contributed by atoms with E-state index in [2.05, 4.69) is 0 Å². The van der Waals surface area contributed by atoms with Gasteiger partial charge >= 0.3 is 0 Å². The highest BCUT2D eigenvalue weighted by atomic mass is 35.5. The number of carbonyl (C=O) groups excluding carboxylic acids is 1. The lowest BCUT2D eigenvalue weighted by Gasteiger charge is -2.36. The first-order valence-electron chi connectivity index (χ1n) is 8.74. The van der Waals surface area contributed by atoms with Crippen molar-refractivity contribution in [3.63, 3.8) is 0 Å². The summed E-state index contributed by atoms with van der Waals surface area (Å²) >= 11 is 6.08. The van der Waals surface area contributed by atoms with E-state index < -0.39 is 33.2 Å². The first-order chi connectivity index (χ1) is 13.8. The van der Waals surface area contributed by atoms with Gasteiger partial charge in [0, 0.05) is 17.2 Å². The van der Waals surface area contributed by atoms with Crippen LogP contribution in [-0.4, -0.2) is 48.7 Å². The molecule has 1 heterocycles. The molecule has 1 amide bonds. The highest BCUT2D eigenvalue weighted by molar-refractivity contribution is 7.92. The Morgan fingerprint density at radius 3 is 2.59 bits per heavy atom. The van der Waals surface area contributed by atoms with E-state index in [1.54, 1.807) is 12.1 Å². The summed E-state index contributed by atoms with van der Waals surface area (Å²) < 4.78 is 36.7. The van der Waals surface area contributed by atoms with E-state index in [0.717, 1.165) is 5.56 Å². The average molecular weight is 442 g/mol. The molecule has 10 heteroatoms. The maximum Gasteiger partial charge on any atom is 0.279 e. The molecule has 156 valence electrons. The number of rotatable bonds is 6. The standard InChI is InChI=1S/C19H20ClNO7S/c20-16-4-2-1-3-13(16)11-28-14-5-7-15(8-6-14)29(25,26)17-9-10-27-12-19(17,23)18(22)21-24/h1-8,17,23-24H,9-12H2,(H,21,22). The maximum atomic E-state index is 13.0. The molecule has 2 atom stereocenters. The summed E-state index contributed by atoms with van der Waals surface area (Å²) in [5, 5.41) is 18.5. The van der Waals surface area contributed by atoms with Gasteiger partial charge in [0.15, 0.2) is 15.4 Å². The van der Waals surface area contributed by atoms with Crippen LogP contribution >= 0.6 is 11.6 Å². The van der Waals surface area contributed by atoms with Gasteiger partial charge in [0.25, 0.3) is 5.91 Å². The molecule has 2 unspecified atom stereocenters. The lowest BCUT2D eigenvalue weighted by atomic mass is 9.95. The second-order valence-electron chi connectivity index (χ2n) is 6.59. The largest absolute Gasteiger partial charge is 0.489 e. The van der Waals surface area contributed by atoms with Crippen LogP contribution in [0.3, 0.4) is 0 Å². The number of aliphatic hydroxyl groups is 1. The van der Waals surface area contributed by atoms with Gasteiger partial charge in [-0.3, -0.25) is 10.0 Å². The normalized spacial score (nSPS) is 22.1. The van der Waals surface area contributed by atoms with E-state index in [0.29, 0.717) is 10.8 Å². The number of benzene rings is 2. The van der Waals surface area contributed by atoms with Crippen LogP contribution in [0.5, 0.6) is 5.75 Å². The number of sulfone groups is 1. The number of hydroxylamine groups is 1. The molecule has 1 saturated heterocycles. The SMILES string of the molecule is O=C(NO)C1(O)COCCC1S(=O)(=O)c1ccc(OCc2ccccc2Cl)cc1. The van der Waals surface area contributed by atoms with Crippen molar-refractivity contribution in [3.05, 3.63) is 59.1 Å². The van der Waals surface area contributed by atoms with Gasteiger partial charge in [-0.05, 0) is 36.8 Å². The third-order valence-electron chi connectivity index (χ3n) is 4.75. The molecule has 1 aliphatic rings. The zero-order valence-electron chi connectivity index (χ0n) is 15.2. The minimum atomic E-state index is -4.09. The summed E-state index contributed by atoms with van der Waals surface area (Å²) in [4.78, 5) is 11.8. The van der Waals surface area contributed by atoms with Gasteiger partial charge in [0.2, 0.25) is 0 Å². The molecular weight excluding hydrogens is 422 g/mol. The van der Waals surface area contributed by atoms with Crippen LogP contribution in [-0.2, 0) is 26.0 Å². The van der Waals surface area contributed by atoms with Crippen LogP contribution in [0.4, 0.5) is 0 Å². The van der Waals surface area contributed by atoms with Crippen LogP contribution < -0.4 is 10.2 Å². The Balaban J connectivity index is 1.79. The molecule has 2 aromatic carbocycles. The van der Waals surface area contributed by atoms with Gasteiger partial charge in [0.1, 0.15) is 17.6 Å². The second-order valence-corrected chi connectivity index (χ2v) is 9.13. The number of hydrogen-bond acceptors (Lipinski definition) is 7. The Hall–Kier alpha value is -2.17. The van der Waals surface area contributed by atoms with Crippen LogP contribution in [0.15, 0.2) is 53.4 Å². The van der Waals surface area contributed by atoms with Crippen molar-refractivity contribution in [1.29, 1.82) is 0 Å². The predicted octanol–water partition coefficient (Wildman–Crippen LogP) is 1.72.